The number of nitriles is 1. The van der Waals surface area contributed by atoms with Crippen molar-refractivity contribution in [2.45, 2.75) is 13.0 Å². The second-order valence-electron chi connectivity index (χ2n) is 4.06. The Morgan fingerprint density at radius 3 is 2.84 bits per heavy atom. The molecule has 2 N–H and O–H groups in total. The summed E-state index contributed by atoms with van der Waals surface area (Å²) >= 11 is 0. The van der Waals surface area contributed by atoms with Crippen LogP contribution in [0.15, 0.2) is 36.9 Å². The van der Waals surface area contributed by atoms with E-state index in [4.69, 9.17) is 11.0 Å². The van der Waals surface area contributed by atoms with Crippen LogP contribution in [0.5, 0.6) is 0 Å². The number of nitrogens with two attached hydrogens (primary N) is 1. The van der Waals surface area contributed by atoms with E-state index in [1.54, 1.807) is 24.3 Å². The summed E-state index contributed by atoms with van der Waals surface area (Å²) < 4.78 is 15.1. The van der Waals surface area contributed by atoms with Gasteiger partial charge in [-0.1, -0.05) is 24.3 Å². The molecule has 5 heteroatoms. The van der Waals surface area contributed by atoms with Gasteiger partial charge in [-0.3, -0.25) is 0 Å². The molecule has 0 aliphatic rings. The largest absolute Gasteiger partial charge is 0.383 e. The summed E-state index contributed by atoms with van der Waals surface area (Å²) in [6.07, 6.45) is 1.88. The van der Waals surface area contributed by atoms with Gasteiger partial charge in [-0.15, -0.1) is 6.58 Å². The van der Waals surface area contributed by atoms with E-state index in [-0.39, 0.29) is 18.1 Å². The standard InChI is InChI=1S/C14H13FN4/c1-2-7-19-14(17)11(9-16)13(18-19)8-10-5-3-4-6-12(10)15/h2-6H,1,7-8,17H2. The van der Waals surface area contributed by atoms with Crippen molar-refractivity contribution >= 4 is 5.82 Å². The van der Waals surface area contributed by atoms with Crippen LogP contribution < -0.4 is 5.73 Å². The van der Waals surface area contributed by atoms with Gasteiger partial charge in [0.25, 0.3) is 0 Å². The number of halogens is 1. The number of rotatable bonds is 4. The van der Waals surface area contributed by atoms with Gasteiger partial charge in [-0.2, -0.15) is 10.4 Å². The monoisotopic (exact) mass is 256 g/mol. The number of hydrogen-bond donors (Lipinski definition) is 1. The van der Waals surface area contributed by atoms with Crippen molar-refractivity contribution in [3.8, 4) is 6.07 Å². The molecule has 0 atom stereocenters. The first-order chi connectivity index (χ1) is 9.17. The molecule has 0 bridgehead atoms. The lowest BCUT2D eigenvalue weighted by atomic mass is 10.1. The number of nitrogen functional groups attached to an aromatic ring is 1. The number of anilines is 1. The maximum absolute atomic E-state index is 13.6. The predicted molar refractivity (Wildman–Crippen MR) is 70.8 cm³/mol. The van der Waals surface area contributed by atoms with Crippen molar-refractivity contribution in [3.63, 3.8) is 0 Å². The fourth-order valence-corrected chi connectivity index (χ4v) is 1.86. The minimum atomic E-state index is -0.316. The molecule has 0 saturated heterocycles. The Bertz CT molecular complexity index is 652. The molecule has 4 nitrogen and oxygen atoms in total. The summed E-state index contributed by atoms with van der Waals surface area (Å²) in [5.41, 5.74) is 7.09. The van der Waals surface area contributed by atoms with Crippen molar-refractivity contribution < 1.29 is 4.39 Å². The Kier molecular flexibility index (Phi) is 3.62. The molecule has 0 saturated carbocycles. The quantitative estimate of drug-likeness (QED) is 0.853. The molecular weight excluding hydrogens is 243 g/mol. The molecule has 2 rings (SSSR count). The lowest BCUT2D eigenvalue weighted by molar-refractivity contribution is 0.611. The van der Waals surface area contributed by atoms with Crippen LogP contribution in [0, 0.1) is 17.1 Å². The topological polar surface area (TPSA) is 67.6 Å². The average molecular weight is 256 g/mol. The highest BCUT2D eigenvalue weighted by Gasteiger charge is 2.16. The highest BCUT2D eigenvalue weighted by Crippen LogP contribution is 2.20. The van der Waals surface area contributed by atoms with Crippen LogP contribution in [0.1, 0.15) is 16.8 Å². The van der Waals surface area contributed by atoms with Crippen LogP contribution in [-0.4, -0.2) is 9.78 Å². The summed E-state index contributed by atoms with van der Waals surface area (Å²) in [5, 5.41) is 13.4. The van der Waals surface area contributed by atoms with Gasteiger partial charge in [-0.05, 0) is 11.6 Å². The van der Waals surface area contributed by atoms with Crippen LogP contribution in [0.25, 0.3) is 0 Å². The SMILES string of the molecule is C=CCn1nc(Cc2ccccc2F)c(C#N)c1N. The predicted octanol–water partition coefficient (Wildman–Crippen LogP) is 2.25. The second-order valence-corrected chi connectivity index (χ2v) is 4.06. The van der Waals surface area contributed by atoms with Crippen LogP contribution in [0.3, 0.4) is 0 Å². The van der Waals surface area contributed by atoms with Gasteiger partial charge in [-0.25, -0.2) is 9.07 Å². The van der Waals surface area contributed by atoms with Gasteiger partial charge in [0.05, 0.1) is 12.2 Å². The minimum Gasteiger partial charge on any atom is -0.383 e. The Morgan fingerprint density at radius 1 is 1.47 bits per heavy atom. The highest BCUT2D eigenvalue weighted by molar-refractivity contribution is 5.53. The molecular formula is C14H13FN4. The lowest BCUT2D eigenvalue weighted by Gasteiger charge is -2.00. The Hall–Kier alpha value is -2.61. The summed E-state index contributed by atoms with van der Waals surface area (Å²) in [7, 11) is 0. The molecule has 19 heavy (non-hydrogen) atoms. The highest BCUT2D eigenvalue weighted by atomic mass is 19.1. The van der Waals surface area contributed by atoms with E-state index < -0.39 is 0 Å². The molecule has 0 radical (unpaired) electrons. The number of allylic oxidation sites excluding steroid dienone is 1. The maximum Gasteiger partial charge on any atom is 0.140 e. The van der Waals surface area contributed by atoms with Gasteiger partial charge < -0.3 is 5.73 Å². The molecule has 0 aliphatic heterocycles. The molecule has 1 aromatic heterocycles. The van der Waals surface area contributed by atoms with Crippen LogP contribution in [0.4, 0.5) is 10.2 Å². The molecule has 0 fully saturated rings. The normalized spacial score (nSPS) is 10.1. The molecule has 0 unspecified atom stereocenters. The van der Waals surface area contributed by atoms with E-state index >= 15 is 0 Å². The van der Waals surface area contributed by atoms with Crippen LogP contribution in [-0.2, 0) is 13.0 Å². The molecule has 1 heterocycles. The first-order valence-electron chi connectivity index (χ1n) is 5.77. The zero-order chi connectivity index (χ0) is 13.8. The third kappa shape index (κ3) is 2.47. The fourth-order valence-electron chi connectivity index (χ4n) is 1.86. The van der Waals surface area contributed by atoms with Gasteiger partial charge in [0.15, 0.2) is 0 Å². The summed E-state index contributed by atoms with van der Waals surface area (Å²) in [5.74, 6) is -0.0306. The van der Waals surface area contributed by atoms with E-state index in [9.17, 15) is 4.39 Å². The van der Waals surface area contributed by atoms with Gasteiger partial charge in [0.2, 0.25) is 0 Å². The van der Waals surface area contributed by atoms with Gasteiger partial charge in [0, 0.05) is 6.42 Å². The molecule has 96 valence electrons. The van der Waals surface area contributed by atoms with E-state index in [2.05, 4.69) is 11.7 Å². The summed E-state index contributed by atoms with van der Waals surface area (Å²) in [6.45, 7) is 4.02. The van der Waals surface area contributed by atoms with E-state index in [0.29, 0.717) is 23.4 Å². The fraction of sp³-hybridized carbons (Fsp3) is 0.143. The van der Waals surface area contributed by atoms with Crippen molar-refractivity contribution in [2.24, 2.45) is 0 Å². The zero-order valence-corrected chi connectivity index (χ0v) is 10.3. The minimum absolute atomic E-state index is 0.240. The lowest BCUT2D eigenvalue weighted by Crippen LogP contribution is -2.03. The van der Waals surface area contributed by atoms with E-state index in [1.165, 1.54) is 10.7 Å². The van der Waals surface area contributed by atoms with E-state index in [0.717, 1.165) is 0 Å². The van der Waals surface area contributed by atoms with Crippen molar-refractivity contribution in [2.75, 3.05) is 5.73 Å². The zero-order valence-electron chi connectivity index (χ0n) is 10.3. The van der Waals surface area contributed by atoms with Gasteiger partial charge in [0.1, 0.15) is 23.3 Å². The van der Waals surface area contributed by atoms with Crippen molar-refractivity contribution in [1.29, 1.82) is 5.26 Å². The number of nitrogens with zero attached hydrogens (tertiary/aromatic N) is 3. The molecule has 0 aliphatic carbocycles. The third-order valence-corrected chi connectivity index (χ3v) is 2.79. The maximum atomic E-state index is 13.6. The molecule has 1 aromatic carbocycles. The average Bonchev–Trinajstić information content (AvgIpc) is 2.69. The Balaban J connectivity index is 2.41. The molecule has 0 amide bonds. The molecule has 2 aromatic rings. The molecule has 0 spiro atoms. The third-order valence-electron chi connectivity index (χ3n) is 2.79. The Morgan fingerprint density at radius 2 is 2.21 bits per heavy atom. The number of aromatic nitrogens is 2. The summed E-state index contributed by atoms with van der Waals surface area (Å²) in [4.78, 5) is 0. The number of benzene rings is 1. The van der Waals surface area contributed by atoms with E-state index in [1.807, 2.05) is 6.07 Å². The van der Waals surface area contributed by atoms with Crippen LogP contribution in [0.2, 0.25) is 0 Å². The second kappa shape index (κ2) is 5.36. The smallest absolute Gasteiger partial charge is 0.140 e. The number of hydrogen-bond acceptors (Lipinski definition) is 3. The first kappa shape index (κ1) is 12.8. The van der Waals surface area contributed by atoms with Crippen molar-refractivity contribution in [1.82, 2.24) is 9.78 Å². The van der Waals surface area contributed by atoms with Gasteiger partial charge >= 0.3 is 0 Å². The first-order valence-corrected chi connectivity index (χ1v) is 5.77. The summed E-state index contributed by atoms with van der Waals surface area (Å²) in [6, 6.07) is 8.43. The van der Waals surface area contributed by atoms with Crippen molar-refractivity contribution in [3.05, 3.63) is 59.6 Å². The van der Waals surface area contributed by atoms with Crippen LogP contribution >= 0.6 is 0 Å². The Labute approximate surface area is 110 Å².